The summed E-state index contributed by atoms with van der Waals surface area (Å²) in [6.07, 6.45) is 0.170. The molecule has 1 heterocycles. The molecule has 1 aromatic carbocycles. The van der Waals surface area contributed by atoms with E-state index in [1.807, 2.05) is 6.07 Å². The third-order valence-corrected chi connectivity index (χ3v) is 2.21. The van der Waals surface area contributed by atoms with Crippen LogP contribution in [-0.4, -0.2) is 14.9 Å². The lowest BCUT2D eigenvalue weighted by atomic mass is 10.1. The van der Waals surface area contributed by atoms with Crippen molar-refractivity contribution in [1.29, 1.82) is 5.26 Å². The Labute approximate surface area is 89.0 Å². The molecule has 0 aliphatic heterocycles. The van der Waals surface area contributed by atoms with Gasteiger partial charge in [0.25, 0.3) is 0 Å². The molecule has 0 radical (unpaired) electrons. The van der Waals surface area contributed by atoms with Gasteiger partial charge in [0.15, 0.2) is 0 Å². The maximum absolute atomic E-state index is 11.2. The van der Waals surface area contributed by atoms with Crippen LogP contribution < -0.4 is 11.1 Å². The van der Waals surface area contributed by atoms with E-state index in [4.69, 9.17) is 5.26 Å². The highest BCUT2D eigenvalue weighted by molar-refractivity contribution is 5.74. The Morgan fingerprint density at radius 3 is 2.88 bits per heavy atom. The second-order valence-corrected chi connectivity index (χ2v) is 3.26. The molecular weight excluding hydrogens is 210 g/mol. The van der Waals surface area contributed by atoms with Crippen molar-refractivity contribution in [3.05, 3.63) is 44.5 Å². The van der Waals surface area contributed by atoms with Crippen molar-refractivity contribution in [2.45, 2.75) is 6.42 Å². The smallest absolute Gasteiger partial charge is 0.348 e. The van der Waals surface area contributed by atoms with Gasteiger partial charge >= 0.3 is 11.1 Å². The van der Waals surface area contributed by atoms with E-state index in [-0.39, 0.29) is 16.7 Å². The highest BCUT2D eigenvalue weighted by atomic mass is 16.5. The Balaban J connectivity index is 2.84. The number of rotatable bonds is 1. The molecule has 80 valence electrons. The van der Waals surface area contributed by atoms with E-state index >= 15 is 0 Å². The third kappa shape index (κ3) is 1.44. The fourth-order valence-corrected chi connectivity index (χ4v) is 1.44. The molecule has 0 atom stereocenters. The quantitative estimate of drug-likeness (QED) is 0.518. The van der Waals surface area contributed by atoms with Crippen LogP contribution in [0.1, 0.15) is 5.56 Å². The van der Waals surface area contributed by atoms with Crippen LogP contribution in [0.15, 0.2) is 27.8 Å². The molecule has 0 saturated carbocycles. The van der Waals surface area contributed by atoms with Gasteiger partial charge in [-0.1, -0.05) is 6.07 Å². The third-order valence-electron chi connectivity index (χ3n) is 2.21. The number of aromatic amines is 1. The van der Waals surface area contributed by atoms with Crippen LogP contribution in [0.5, 0.6) is 0 Å². The Morgan fingerprint density at radius 1 is 1.44 bits per heavy atom. The molecule has 6 nitrogen and oxygen atoms in total. The number of nitrogens with zero attached hydrogens (tertiary/aromatic N) is 2. The monoisotopic (exact) mass is 217 g/mol. The summed E-state index contributed by atoms with van der Waals surface area (Å²) in [4.78, 5) is 24.6. The van der Waals surface area contributed by atoms with Crippen LogP contribution in [0.4, 0.5) is 0 Å². The topological polar surface area (TPSA) is 98.9 Å². The molecule has 0 fully saturated rings. The van der Waals surface area contributed by atoms with E-state index in [1.165, 1.54) is 12.1 Å². The first-order valence-corrected chi connectivity index (χ1v) is 4.47. The minimum absolute atomic E-state index is 0.170. The maximum atomic E-state index is 11.2. The van der Waals surface area contributed by atoms with Crippen LogP contribution in [0.2, 0.25) is 0 Å². The molecule has 16 heavy (non-hydrogen) atoms. The average molecular weight is 217 g/mol. The van der Waals surface area contributed by atoms with Gasteiger partial charge in [-0.2, -0.15) is 5.26 Å². The van der Waals surface area contributed by atoms with Crippen molar-refractivity contribution in [2.75, 3.05) is 0 Å². The number of H-pyrrole nitrogens is 1. The van der Waals surface area contributed by atoms with Gasteiger partial charge in [0.05, 0.1) is 18.0 Å². The Hall–Kier alpha value is -2.55. The Bertz CT molecular complexity index is 706. The first-order chi connectivity index (χ1) is 7.63. The lowest BCUT2D eigenvalue weighted by molar-refractivity contribution is 0.186. The largest absolute Gasteiger partial charge is 0.425 e. The summed E-state index contributed by atoms with van der Waals surface area (Å²) < 4.78 is 0.287. The van der Waals surface area contributed by atoms with Gasteiger partial charge in [0.1, 0.15) is 5.52 Å². The van der Waals surface area contributed by atoms with Crippen molar-refractivity contribution in [1.82, 2.24) is 9.71 Å². The molecule has 0 amide bonds. The van der Waals surface area contributed by atoms with Crippen molar-refractivity contribution < 1.29 is 5.21 Å². The second-order valence-electron chi connectivity index (χ2n) is 3.26. The zero-order valence-electron chi connectivity index (χ0n) is 8.10. The fraction of sp³-hybridized carbons (Fsp3) is 0.100. The number of aromatic nitrogens is 2. The van der Waals surface area contributed by atoms with Crippen LogP contribution in [0.25, 0.3) is 11.0 Å². The number of fused-ring (bicyclic) bond motifs is 1. The van der Waals surface area contributed by atoms with E-state index in [0.717, 1.165) is 0 Å². The van der Waals surface area contributed by atoms with Gasteiger partial charge in [-0.05, 0) is 17.7 Å². The predicted molar refractivity (Wildman–Crippen MR) is 55.3 cm³/mol. The summed E-state index contributed by atoms with van der Waals surface area (Å²) in [6.45, 7) is 0. The van der Waals surface area contributed by atoms with Gasteiger partial charge in [-0.25, -0.2) is 0 Å². The molecular formula is C10H7N3O3. The van der Waals surface area contributed by atoms with Gasteiger partial charge in [0, 0.05) is 0 Å². The van der Waals surface area contributed by atoms with E-state index in [9.17, 15) is 14.8 Å². The van der Waals surface area contributed by atoms with E-state index < -0.39 is 11.1 Å². The number of nitrogens with one attached hydrogen (secondary N) is 1. The standard InChI is InChI=1S/C10H7N3O3/c11-4-3-6-1-2-7-8(5-6)13(16)10(15)9(14)12-7/h1-2,5,16H,3H2,(H,12,14). The zero-order valence-corrected chi connectivity index (χ0v) is 8.10. The number of benzene rings is 1. The van der Waals surface area contributed by atoms with Crippen LogP contribution in [-0.2, 0) is 6.42 Å². The molecule has 0 aliphatic rings. The fourth-order valence-electron chi connectivity index (χ4n) is 1.44. The van der Waals surface area contributed by atoms with Crippen LogP contribution >= 0.6 is 0 Å². The molecule has 2 aromatic rings. The maximum Gasteiger partial charge on any atom is 0.348 e. The lowest BCUT2D eigenvalue weighted by Gasteiger charge is -2.03. The summed E-state index contributed by atoms with van der Waals surface area (Å²) in [5.74, 6) is 0. The highest BCUT2D eigenvalue weighted by Gasteiger charge is 2.06. The van der Waals surface area contributed by atoms with Gasteiger partial charge in [0.2, 0.25) is 0 Å². The summed E-state index contributed by atoms with van der Waals surface area (Å²) >= 11 is 0. The minimum Gasteiger partial charge on any atom is -0.425 e. The van der Waals surface area contributed by atoms with Gasteiger partial charge in [-0.15, -0.1) is 4.73 Å². The molecule has 0 bridgehead atoms. The van der Waals surface area contributed by atoms with E-state index in [0.29, 0.717) is 11.1 Å². The molecule has 0 saturated heterocycles. The second kappa shape index (κ2) is 3.55. The van der Waals surface area contributed by atoms with Gasteiger partial charge < -0.3 is 10.2 Å². The molecule has 0 aliphatic carbocycles. The summed E-state index contributed by atoms with van der Waals surface area (Å²) in [6, 6.07) is 6.62. The summed E-state index contributed by atoms with van der Waals surface area (Å²) in [5, 5.41) is 18.0. The number of hydrogen-bond acceptors (Lipinski definition) is 4. The SMILES string of the molecule is N#CCc1ccc2[nH]c(=O)c(=O)n(O)c2c1. The Morgan fingerprint density at radius 2 is 2.19 bits per heavy atom. The van der Waals surface area contributed by atoms with Crippen molar-refractivity contribution in [3.63, 3.8) is 0 Å². The molecule has 0 spiro atoms. The normalized spacial score (nSPS) is 10.2. The highest BCUT2D eigenvalue weighted by Crippen LogP contribution is 2.10. The molecule has 0 unspecified atom stereocenters. The van der Waals surface area contributed by atoms with Crippen molar-refractivity contribution >= 4 is 11.0 Å². The van der Waals surface area contributed by atoms with E-state index in [1.54, 1.807) is 6.07 Å². The summed E-state index contributed by atoms with van der Waals surface area (Å²) in [7, 11) is 0. The predicted octanol–water partition coefficient (Wildman–Crippen LogP) is -0.00682. The first kappa shape index (κ1) is 9.98. The lowest BCUT2D eigenvalue weighted by Crippen LogP contribution is -2.35. The van der Waals surface area contributed by atoms with Gasteiger partial charge in [-0.3, -0.25) is 9.59 Å². The van der Waals surface area contributed by atoms with E-state index in [2.05, 4.69) is 4.98 Å². The van der Waals surface area contributed by atoms with Crippen molar-refractivity contribution in [2.24, 2.45) is 0 Å². The molecule has 2 rings (SSSR count). The zero-order chi connectivity index (χ0) is 11.7. The molecule has 6 heteroatoms. The average Bonchev–Trinajstić information content (AvgIpc) is 2.28. The molecule has 1 aromatic heterocycles. The summed E-state index contributed by atoms with van der Waals surface area (Å²) in [5.41, 5.74) is -0.750. The van der Waals surface area contributed by atoms with Crippen molar-refractivity contribution in [3.8, 4) is 6.07 Å². The van der Waals surface area contributed by atoms with Crippen LogP contribution in [0, 0.1) is 11.3 Å². The first-order valence-electron chi connectivity index (χ1n) is 4.47. The number of nitriles is 1. The number of hydrogen-bond donors (Lipinski definition) is 2. The minimum atomic E-state index is -1.04. The van der Waals surface area contributed by atoms with Crippen LogP contribution in [0.3, 0.4) is 0 Å². The molecule has 2 N–H and O–H groups in total. The Kier molecular flexibility index (Phi) is 2.21.